The van der Waals surface area contributed by atoms with Crippen molar-refractivity contribution in [1.82, 2.24) is 0 Å². The maximum absolute atomic E-state index is 13.1. The number of hydrogen-bond donors (Lipinski definition) is 1. The first-order valence-electron chi connectivity index (χ1n) is 9.67. The first-order valence-corrected chi connectivity index (χ1v) is 11.5. The molecule has 0 aliphatic rings. The normalized spacial score (nSPS) is 12.5. The molecule has 1 atom stereocenters. The number of anilines is 2. The van der Waals surface area contributed by atoms with Gasteiger partial charge < -0.3 is 10.1 Å². The van der Waals surface area contributed by atoms with Gasteiger partial charge in [0.05, 0.1) is 23.7 Å². The molecule has 1 unspecified atom stereocenters. The third-order valence-corrected chi connectivity index (χ3v) is 5.76. The molecule has 0 fully saturated rings. The van der Waals surface area contributed by atoms with Crippen LogP contribution in [0.5, 0.6) is 5.75 Å². The monoisotopic (exact) mass is 418 g/mol. The first-order chi connectivity index (χ1) is 13.5. The fourth-order valence-electron chi connectivity index (χ4n) is 3.07. The van der Waals surface area contributed by atoms with E-state index < -0.39 is 22.0 Å². The Morgan fingerprint density at radius 1 is 1.10 bits per heavy atom. The summed E-state index contributed by atoms with van der Waals surface area (Å²) in [5.74, 6) is 0.138. The van der Waals surface area contributed by atoms with Crippen LogP contribution in [0, 0.1) is 13.8 Å². The van der Waals surface area contributed by atoms with Gasteiger partial charge in [0.2, 0.25) is 15.9 Å². The molecule has 2 rings (SSSR count). The van der Waals surface area contributed by atoms with Crippen LogP contribution in [0.15, 0.2) is 42.5 Å². The minimum Gasteiger partial charge on any atom is -0.489 e. The van der Waals surface area contributed by atoms with Crippen LogP contribution >= 0.6 is 0 Å². The Morgan fingerprint density at radius 2 is 1.76 bits per heavy atom. The van der Waals surface area contributed by atoms with Crippen LogP contribution in [0.2, 0.25) is 0 Å². The number of nitrogens with one attached hydrogen (secondary N) is 1. The summed E-state index contributed by atoms with van der Waals surface area (Å²) in [7, 11) is -3.68. The Hall–Kier alpha value is -2.54. The number of carbonyl (C=O) groups excluding carboxylic acids is 1. The van der Waals surface area contributed by atoms with E-state index in [9.17, 15) is 13.2 Å². The number of ether oxygens (including phenoxy) is 1. The lowest BCUT2D eigenvalue weighted by atomic mass is 10.1. The van der Waals surface area contributed by atoms with E-state index >= 15 is 0 Å². The molecule has 0 radical (unpaired) electrons. The van der Waals surface area contributed by atoms with Gasteiger partial charge in [0.25, 0.3) is 0 Å². The van der Waals surface area contributed by atoms with Gasteiger partial charge in [-0.3, -0.25) is 9.10 Å². The molecule has 0 saturated heterocycles. The van der Waals surface area contributed by atoms with Crippen molar-refractivity contribution in [2.75, 3.05) is 15.9 Å². The fourth-order valence-corrected chi connectivity index (χ4v) is 4.27. The molecular weight excluding hydrogens is 388 g/mol. The number of nitrogens with zero attached hydrogens (tertiary/aromatic N) is 1. The summed E-state index contributed by atoms with van der Waals surface area (Å²) in [5.41, 5.74) is 3.00. The van der Waals surface area contributed by atoms with Crippen molar-refractivity contribution in [3.05, 3.63) is 53.6 Å². The zero-order valence-corrected chi connectivity index (χ0v) is 18.7. The van der Waals surface area contributed by atoms with Crippen molar-refractivity contribution < 1.29 is 17.9 Å². The largest absolute Gasteiger partial charge is 0.489 e. The third kappa shape index (κ3) is 5.73. The molecule has 0 aromatic heterocycles. The van der Waals surface area contributed by atoms with Crippen LogP contribution in [-0.2, 0) is 14.8 Å². The Morgan fingerprint density at radius 3 is 2.31 bits per heavy atom. The molecule has 0 spiro atoms. The second kappa shape index (κ2) is 9.31. The molecule has 0 aliphatic heterocycles. The standard InChI is InChI=1S/C22H30N2O4S/c1-7-20(22(25)23-19-10-8-9-11-21(19)28-15(2)3)24(29(6,26)27)18-13-12-16(4)17(5)14-18/h8-15,20H,7H2,1-6H3,(H,23,25). The van der Waals surface area contributed by atoms with Gasteiger partial charge in [0, 0.05) is 0 Å². The molecule has 6 nitrogen and oxygen atoms in total. The van der Waals surface area contributed by atoms with Crippen molar-refractivity contribution in [3.8, 4) is 5.75 Å². The van der Waals surface area contributed by atoms with Crippen molar-refractivity contribution in [2.45, 2.75) is 53.2 Å². The molecular formula is C22H30N2O4S. The highest BCUT2D eigenvalue weighted by Crippen LogP contribution is 2.28. The molecule has 158 valence electrons. The first kappa shape index (κ1) is 22.7. The predicted molar refractivity (Wildman–Crippen MR) is 118 cm³/mol. The molecule has 2 aromatic carbocycles. The van der Waals surface area contributed by atoms with E-state index in [1.54, 1.807) is 37.3 Å². The van der Waals surface area contributed by atoms with Gasteiger partial charge in [-0.2, -0.15) is 0 Å². The lowest BCUT2D eigenvalue weighted by Gasteiger charge is -2.30. The molecule has 1 amide bonds. The van der Waals surface area contributed by atoms with Crippen molar-refractivity contribution in [3.63, 3.8) is 0 Å². The quantitative estimate of drug-likeness (QED) is 0.694. The summed E-state index contributed by atoms with van der Waals surface area (Å²) in [6, 6.07) is 11.6. The van der Waals surface area contributed by atoms with Crippen LogP contribution in [0.4, 0.5) is 11.4 Å². The van der Waals surface area contributed by atoms with E-state index in [2.05, 4.69) is 5.32 Å². The van der Waals surface area contributed by atoms with Crippen LogP contribution in [0.25, 0.3) is 0 Å². The topological polar surface area (TPSA) is 75.7 Å². The number of amides is 1. The maximum atomic E-state index is 13.1. The zero-order valence-electron chi connectivity index (χ0n) is 17.9. The van der Waals surface area contributed by atoms with Crippen LogP contribution < -0.4 is 14.4 Å². The summed E-state index contributed by atoms with van der Waals surface area (Å²) < 4.78 is 32.2. The van der Waals surface area contributed by atoms with Gasteiger partial charge in [-0.15, -0.1) is 0 Å². The average Bonchev–Trinajstić information content (AvgIpc) is 2.62. The van der Waals surface area contributed by atoms with Gasteiger partial charge in [0.1, 0.15) is 11.8 Å². The van der Waals surface area contributed by atoms with Gasteiger partial charge in [-0.25, -0.2) is 8.42 Å². The maximum Gasteiger partial charge on any atom is 0.248 e. The Kier molecular flexibility index (Phi) is 7.30. The number of hydrogen-bond acceptors (Lipinski definition) is 4. The van der Waals surface area contributed by atoms with Crippen molar-refractivity contribution in [2.24, 2.45) is 0 Å². The Balaban J connectivity index is 2.41. The Bertz CT molecular complexity index is 971. The number of sulfonamides is 1. The second-order valence-electron chi connectivity index (χ2n) is 7.40. The van der Waals surface area contributed by atoms with E-state index in [-0.39, 0.29) is 6.10 Å². The highest BCUT2D eigenvalue weighted by Gasteiger charge is 2.32. The highest BCUT2D eigenvalue weighted by atomic mass is 32.2. The lowest BCUT2D eigenvalue weighted by Crippen LogP contribution is -2.47. The van der Waals surface area contributed by atoms with E-state index in [1.807, 2.05) is 39.8 Å². The number of benzene rings is 2. The molecule has 0 saturated carbocycles. The smallest absolute Gasteiger partial charge is 0.248 e. The van der Waals surface area contributed by atoms with Crippen LogP contribution in [-0.4, -0.2) is 32.7 Å². The summed E-state index contributed by atoms with van der Waals surface area (Å²) in [6.45, 7) is 9.47. The van der Waals surface area contributed by atoms with E-state index in [1.165, 1.54) is 4.31 Å². The number of para-hydroxylation sites is 2. The zero-order chi connectivity index (χ0) is 21.8. The molecule has 1 N–H and O–H groups in total. The second-order valence-corrected chi connectivity index (χ2v) is 9.26. The number of rotatable bonds is 8. The van der Waals surface area contributed by atoms with E-state index in [4.69, 9.17) is 4.74 Å². The SMILES string of the molecule is CCC(C(=O)Nc1ccccc1OC(C)C)N(c1ccc(C)c(C)c1)S(C)(=O)=O. The highest BCUT2D eigenvalue weighted by molar-refractivity contribution is 7.92. The van der Waals surface area contributed by atoms with Gasteiger partial charge >= 0.3 is 0 Å². The predicted octanol–water partition coefficient (Wildman–Crippen LogP) is 4.27. The van der Waals surface area contributed by atoms with Crippen LogP contribution in [0.1, 0.15) is 38.3 Å². The molecule has 29 heavy (non-hydrogen) atoms. The number of aryl methyl sites for hydroxylation is 2. The molecule has 0 bridgehead atoms. The molecule has 0 aliphatic carbocycles. The van der Waals surface area contributed by atoms with E-state index in [0.717, 1.165) is 17.4 Å². The van der Waals surface area contributed by atoms with Gasteiger partial charge in [-0.05, 0) is 69.5 Å². The lowest BCUT2D eigenvalue weighted by molar-refractivity contribution is -0.117. The fraction of sp³-hybridized carbons (Fsp3) is 0.409. The average molecular weight is 419 g/mol. The van der Waals surface area contributed by atoms with E-state index in [0.29, 0.717) is 23.5 Å². The summed E-state index contributed by atoms with van der Waals surface area (Å²) in [5, 5.41) is 2.85. The molecule has 0 heterocycles. The minimum absolute atomic E-state index is 0.0573. The molecule has 7 heteroatoms. The van der Waals surface area contributed by atoms with Gasteiger partial charge in [-0.1, -0.05) is 25.1 Å². The summed E-state index contributed by atoms with van der Waals surface area (Å²) >= 11 is 0. The third-order valence-electron chi connectivity index (χ3n) is 4.58. The number of carbonyl (C=O) groups is 1. The van der Waals surface area contributed by atoms with Crippen molar-refractivity contribution in [1.29, 1.82) is 0 Å². The summed E-state index contributed by atoms with van der Waals surface area (Å²) in [4.78, 5) is 13.1. The van der Waals surface area contributed by atoms with Crippen LogP contribution in [0.3, 0.4) is 0 Å². The minimum atomic E-state index is -3.68. The van der Waals surface area contributed by atoms with Gasteiger partial charge in [0.15, 0.2) is 0 Å². The van der Waals surface area contributed by atoms with Crippen molar-refractivity contribution >= 4 is 27.3 Å². The summed E-state index contributed by atoms with van der Waals surface area (Å²) in [6.07, 6.45) is 1.38. The Labute approximate surface area is 173 Å². The molecule has 2 aromatic rings.